The SMILES string of the molecule is CCOC(=O)N1CCN(C(=O)C(CCC(=O)OCC2CCOC2)NC(=O)c2cc(OCC(=O)N3CCCC3C(=O)NC3CCC3)c3ccc(C)cc3n2)CC1. The molecule has 3 saturated heterocycles. The van der Waals surface area contributed by atoms with Crippen molar-refractivity contribution in [3.8, 4) is 5.75 Å². The maximum atomic E-state index is 13.9. The molecule has 0 radical (unpaired) electrons. The molecule has 298 valence electrons. The van der Waals surface area contributed by atoms with Crippen LogP contribution in [0.1, 0.15) is 74.3 Å². The van der Waals surface area contributed by atoms with Crippen LogP contribution in [0.15, 0.2) is 24.3 Å². The van der Waals surface area contributed by atoms with Crippen LogP contribution in [0.3, 0.4) is 0 Å². The minimum atomic E-state index is -1.11. The summed E-state index contributed by atoms with van der Waals surface area (Å²) in [7, 11) is 0. The van der Waals surface area contributed by atoms with E-state index < -0.39 is 36.0 Å². The summed E-state index contributed by atoms with van der Waals surface area (Å²) in [5, 5.41) is 6.43. The highest BCUT2D eigenvalue weighted by atomic mass is 16.6. The number of amides is 5. The molecule has 16 heteroatoms. The number of hydrogen-bond donors (Lipinski definition) is 2. The molecule has 4 fully saturated rings. The summed E-state index contributed by atoms with van der Waals surface area (Å²) in [6.45, 7) is 6.25. The highest BCUT2D eigenvalue weighted by Gasteiger charge is 2.36. The van der Waals surface area contributed by atoms with Crippen molar-refractivity contribution in [3.05, 3.63) is 35.5 Å². The van der Waals surface area contributed by atoms with Gasteiger partial charge in [-0.15, -0.1) is 0 Å². The Labute approximate surface area is 320 Å². The van der Waals surface area contributed by atoms with Crippen LogP contribution < -0.4 is 15.4 Å². The van der Waals surface area contributed by atoms with Gasteiger partial charge in [0.05, 0.1) is 25.3 Å². The van der Waals surface area contributed by atoms with E-state index in [4.69, 9.17) is 18.9 Å². The van der Waals surface area contributed by atoms with Gasteiger partial charge in [-0.3, -0.25) is 24.0 Å². The number of esters is 1. The lowest BCUT2D eigenvalue weighted by atomic mass is 9.93. The Hall–Kier alpha value is -4.99. The van der Waals surface area contributed by atoms with Crippen molar-refractivity contribution in [2.75, 3.05) is 65.8 Å². The number of likely N-dealkylation sites (tertiary alicyclic amines) is 1. The number of hydrogen-bond acceptors (Lipinski definition) is 11. The first kappa shape index (κ1) is 39.7. The van der Waals surface area contributed by atoms with Gasteiger partial charge in [-0.1, -0.05) is 6.07 Å². The zero-order chi connectivity index (χ0) is 38.9. The van der Waals surface area contributed by atoms with Crippen molar-refractivity contribution in [3.63, 3.8) is 0 Å². The molecule has 16 nitrogen and oxygen atoms in total. The van der Waals surface area contributed by atoms with Gasteiger partial charge in [0.15, 0.2) is 6.61 Å². The number of nitrogens with one attached hydrogen (secondary N) is 2. The number of carbonyl (C=O) groups is 6. The second-order valence-electron chi connectivity index (χ2n) is 14.7. The van der Waals surface area contributed by atoms with E-state index in [9.17, 15) is 28.8 Å². The molecule has 1 aromatic carbocycles. The predicted molar refractivity (Wildman–Crippen MR) is 198 cm³/mol. The minimum Gasteiger partial charge on any atom is -0.483 e. The molecular formula is C39H52N6O10. The van der Waals surface area contributed by atoms with E-state index in [0.29, 0.717) is 43.5 Å². The molecule has 0 spiro atoms. The summed E-state index contributed by atoms with van der Waals surface area (Å²) in [4.78, 5) is 88.5. The van der Waals surface area contributed by atoms with Crippen LogP contribution in [0.25, 0.3) is 10.9 Å². The first-order valence-corrected chi connectivity index (χ1v) is 19.5. The van der Waals surface area contributed by atoms with Crippen molar-refractivity contribution >= 4 is 46.6 Å². The van der Waals surface area contributed by atoms with Gasteiger partial charge >= 0.3 is 12.1 Å². The quantitative estimate of drug-likeness (QED) is 0.269. The fourth-order valence-electron chi connectivity index (χ4n) is 7.25. The third-order valence-corrected chi connectivity index (χ3v) is 10.7. The van der Waals surface area contributed by atoms with E-state index in [0.717, 1.165) is 31.2 Å². The first-order chi connectivity index (χ1) is 26.6. The van der Waals surface area contributed by atoms with Crippen LogP contribution in [0.4, 0.5) is 4.79 Å². The van der Waals surface area contributed by atoms with E-state index in [1.54, 1.807) is 28.9 Å². The third-order valence-electron chi connectivity index (χ3n) is 10.7. The number of fused-ring (bicyclic) bond motifs is 1. The summed E-state index contributed by atoms with van der Waals surface area (Å²) >= 11 is 0. The molecule has 3 aliphatic heterocycles. The highest BCUT2D eigenvalue weighted by Crippen LogP contribution is 2.28. The summed E-state index contributed by atoms with van der Waals surface area (Å²) in [5.41, 5.74) is 1.29. The molecule has 1 aliphatic carbocycles. The second kappa shape index (κ2) is 18.6. The lowest BCUT2D eigenvalue weighted by molar-refractivity contribution is -0.145. The fourth-order valence-corrected chi connectivity index (χ4v) is 7.25. The molecule has 4 heterocycles. The van der Waals surface area contributed by atoms with Crippen LogP contribution in [0.5, 0.6) is 5.75 Å². The molecule has 1 saturated carbocycles. The van der Waals surface area contributed by atoms with Crippen LogP contribution in [0, 0.1) is 12.8 Å². The number of nitrogens with zero attached hydrogens (tertiary/aromatic N) is 4. The van der Waals surface area contributed by atoms with Crippen molar-refractivity contribution in [1.82, 2.24) is 30.3 Å². The van der Waals surface area contributed by atoms with Crippen LogP contribution in [-0.2, 0) is 33.4 Å². The summed E-state index contributed by atoms with van der Waals surface area (Å²) < 4.78 is 22.0. The van der Waals surface area contributed by atoms with E-state index in [1.165, 1.54) is 11.0 Å². The maximum Gasteiger partial charge on any atom is 0.409 e. The van der Waals surface area contributed by atoms with Crippen molar-refractivity contribution in [1.29, 1.82) is 0 Å². The molecule has 5 amide bonds. The van der Waals surface area contributed by atoms with Gasteiger partial charge in [-0.05, 0) is 76.5 Å². The molecule has 2 aromatic rings. The first-order valence-electron chi connectivity index (χ1n) is 19.5. The average molecular weight is 765 g/mol. The predicted octanol–water partition coefficient (Wildman–Crippen LogP) is 2.34. The zero-order valence-electron chi connectivity index (χ0n) is 31.7. The number of rotatable bonds is 14. The van der Waals surface area contributed by atoms with Crippen LogP contribution in [0.2, 0.25) is 0 Å². The smallest absolute Gasteiger partial charge is 0.409 e. The molecule has 3 atom stereocenters. The van der Waals surface area contributed by atoms with E-state index in [1.807, 2.05) is 13.0 Å². The summed E-state index contributed by atoms with van der Waals surface area (Å²) in [6, 6.07) is 5.40. The number of carbonyl (C=O) groups excluding carboxylic acids is 6. The number of aromatic nitrogens is 1. The lowest BCUT2D eigenvalue weighted by Gasteiger charge is -2.36. The van der Waals surface area contributed by atoms with Gasteiger partial charge in [-0.25, -0.2) is 9.78 Å². The summed E-state index contributed by atoms with van der Waals surface area (Å²) in [5.74, 6) is -1.68. The number of pyridine rings is 1. The summed E-state index contributed by atoms with van der Waals surface area (Å²) in [6.07, 6.45) is 4.48. The Morgan fingerprint density at radius 2 is 1.73 bits per heavy atom. The number of aryl methyl sites for hydroxylation is 1. The topological polar surface area (TPSA) is 186 Å². The van der Waals surface area contributed by atoms with Crippen LogP contribution >= 0.6 is 0 Å². The molecule has 1 aromatic heterocycles. The molecular weight excluding hydrogens is 712 g/mol. The molecule has 3 unspecified atom stereocenters. The third kappa shape index (κ3) is 10.2. The Morgan fingerprint density at radius 1 is 0.945 bits per heavy atom. The van der Waals surface area contributed by atoms with Gasteiger partial charge in [0, 0.05) is 69.2 Å². The van der Waals surface area contributed by atoms with E-state index in [-0.39, 0.29) is 94.1 Å². The molecule has 0 bridgehead atoms. The Balaban J connectivity index is 1.15. The van der Waals surface area contributed by atoms with E-state index >= 15 is 0 Å². The standard InChI is InChI=1S/C39H52N6O10/c1-3-53-39(51)44-17-15-43(16-18-44)38(50)29(11-12-35(47)55-23-26-13-19-52-22-26)42-36(48)31-21-33(28-10-9-25(2)20-30(28)41-31)54-24-34(46)45-14-5-8-32(45)37(49)40-27-6-4-7-27/h9-10,20-21,26-27,29,32H,3-8,11-19,22-24H2,1-2H3,(H,40,49)(H,42,48). The second-order valence-corrected chi connectivity index (χ2v) is 14.7. The van der Waals surface area contributed by atoms with Crippen molar-refractivity contribution in [2.45, 2.75) is 83.3 Å². The molecule has 6 rings (SSSR count). The average Bonchev–Trinajstić information content (AvgIpc) is 3.89. The van der Waals surface area contributed by atoms with Crippen molar-refractivity contribution in [2.24, 2.45) is 5.92 Å². The number of benzene rings is 1. The van der Waals surface area contributed by atoms with Crippen molar-refractivity contribution < 1.29 is 47.7 Å². The zero-order valence-corrected chi connectivity index (χ0v) is 31.7. The van der Waals surface area contributed by atoms with Gasteiger partial charge in [0.1, 0.15) is 23.5 Å². The lowest BCUT2D eigenvalue weighted by Crippen LogP contribution is -2.56. The van der Waals surface area contributed by atoms with Crippen LogP contribution in [-0.4, -0.2) is 139 Å². The highest BCUT2D eigenvalue weighted by molar-refractivity contribution is 5.99. The largest absolute Gasteiger partial charge is 0.483 e. The molecule has 2 N–H and O–H groups in total. The number of piperazine rings is 1. The molecule has 4 aliphatic rings. The van der Waals surface area contributed by atoms with E-state index in [2.05, 4.69) is 15.6 Å². The van der Waals surface area contributed by atoms with Gasteiger partial charge < -0.3 is 44.3 Å². The fraction of sp³-hybridized carbons (Fsp3) is 0.615. The van der Waals surface area contributed by atoms with Gasteiger partial charge in [0.2, 0.25) is 11.8 Å². The Bertz CT molecular complexity index is 1740. The number of ether oxygens (including phenoxy) is 4. The maximum absolute atomic E-state index is 13.9. The normalized spacial score (nSPS) is 20.4. The minimum absolute atomic E-state index is 0.0292. The van der Waals surface area contributed by atoms with Gasteiger partial charge in [-0.2, -0.15) is 0 Å². The molecule has 55 heavy (non-hydrogen) atoms. The Kier molecular flexibility index (Phi) is 13.4. The van der Waals surface area contributed by atoms with Gasteiger partial charge in [0.25, 0.3) is 11.8 Å². The monoisotopic (exact) mass is 764 g/mol. The Morgan fingerprint density at radius 3 is 2.44 bits per heavy atom.